The molecule has 1 N–H and O–H groups in total. The SMILES string of the molecule is O=C(CC(O)c1cccc(F)c1)N1CCN(c2cccs2)CC1. The van der Waals surface area contributed by atoms with Gasteiger partial charge in [0.25, 0.3) is 0 Å². The summed E-state index contributed by atoms with van der Waals surface area (Å²) in [5.41, 5.74) is 0.440. The Labute approximate surface area is 138 Å². The molecule has 0 saturated carbocycles. The second kappa shape index (κ2) is 7.10. The predicted molar refractivity (Wildman–Crippen MR) is 89.1 cm³/mol. The Morgan fingerprint density at radius 2 is 2.00 bits per heavy atom. The molecule has 1 aliphatic rings. The molecule has 0 bridgehead atoms. The number of aliphatic hydroxyl groups is 1. The summed E-state index contributed by atoms with van der Waals surface area (Å²) >= 11 is 1.70. The quantitative estimate of drug-likeness (QED) is 0.935. The van der Waals surface area contributed by atoms with E-state index >= 15 is 0 Å². The topological polar surface area (TPSA) is 43.8 Å². The van der Waals surface area contributed by atoms with Crippen LogP contribution in [0.2, 0.25) is 0 Å². The predicted octanol–water partition coefficient (Wildman–Crippen LogP) is 2.66. The second-order valence-electron chi connectivity index (χ2n) is 5.59. The maximum absolute atomic E-state index is 13.2. The van der Waals surface area contributed by atoms with Gasteiger partial charge in [0, 0.05) is 26.2 Å². The number of hydrogen-bond donors (Lipinski definition) is 1. The van der Waals surface area contributed by atoms with Gasteiger partial charge in [-0.15, -0.1) is 11.3 Å². The smallest absolute Gasteiger partial charge is 0.225 e. The van der Waals surface area contributed by atoms with Crippen molar-refractivity contribution >= 4 is 22.2 Å². The van der Waals surface area contributed by atoms with Gasteiger partial charge in [-0.05, 0) is 35.2 Å². The Hall–Kier alpha value is -1.92. The molecule has 1 unspecified atom stereocenters. The Morgan fingerprint density at radius 3 is 2.65 bits per heavy atom. The van der Waals surface area contributed by atoms with E-state index < -0.39 is 11.9 Å². The molecule has 0 aliphatic carbocycles. The van der Waals surface area contributed by atoms with E-state index in [9.17, 15) is 14.3 Å². The largest absolute Gasteiger partial charge is 0.388 e. The highest BCUT2D eigenvalue weighted by Gasteiger charge is 2.24. The van der Waals surface area contributed by atoms with Crippen LogP contribution in [0.3, 0.4) is 0 Å². The second-order valence-corrected chi connectivity index (χ2v) is 6.52. The zero-order valence-electron chi connectivity index (χ0n) is 12.7. The van der Waals surface area contributed by atoms with Gasteiger partial charge in [-0.2, -0.15) is 0 Å². The van der Waals surface area contributed by atoms with Gasteiger partial charge in [0.15, 0.2) is 0 Å². The van der Waals surface area contributed by atoms with Crippen molar-refractivity contribution in [1.29, 1.82) is 0 Å². The summed E-state index contributed by atoms with van der Waals surface area (Å²) in [5, 5.41) is 13.4. The molecule has 3 rings (SSSR count). The highest BCUT2D eigenvalue weighted by atomic mass is 32.1. The molecule has 0 radical (unpaired) electrons. The first-order valence-electron chi connectivity index (χ1n) is 7.63. The molecule has 1 saturated heterocycles. The van der Waals surface area contributed by atoms with Crippen molar-refractivity contribution in [3.63, 3.8) is 0 Å². The van der Waals surface area contributed by atoms with Crippen LogP contribution >= 0.6 is 11.3 Å². The molecule has 1 aromatic carbocycles. The van der Waals surface area contributed by atoms with Gasteiger partial charge >= 0.3 is 0 Å². The van der Waals surface area contributed by atoms with Crippen LogP contribution in [0.15, 0.2) is 41.8 Å². The zero-order chi connectivity index (χ0) is 16.2. The Kier molecular flexibility index (Phi) is 4.93. The Morgan fingerprint density at radius 1 is 1.22 bits per heavy atom. The first-order valence-corrected chi connectivity index (χ1v) is 8.51. The molecule has 2 aromatic rings. The molecule has 0 spiro atoms. The molecule has 1 amide bonds. The van der Waals surface area contributed by atoms with E-state index in [0.717, 1.165) is 13.1 Å². The molecule has 2 heterocycles. The number of hydrogen-bond acceptors (Lipinski definition) is 4. The summed E-state index contributed by atoms with van der Waals surface area (Å²) in [6.07, 6.45) is -0.976. The number of carbonyl (C=O) groups is 1. The van der Waals surface area contributed by atoms with Crippen LogP contribution < -0.4 is 4.90 Å². The van der Waals surface area contributed by atoms with Gasteiger partial charge in [0.1, 0.15) is 5.82 Å². The van der Waals surface area contributed by atoms with Crippen molar-refractivity contribution in [3.05, 3.63) is 53.2 Å². The van der Waals surface area contributed by atoms with Gasteiger partial charge in [-0.3, -0.25) is 4.79 Å². The molecule has 1 aromatic heterocycles. The molecule has 6 heteroatoms. The molecular formula is C17H19FN2O2S. The standard InChI is InChI=1S/C17H19FN2O2S/c18-14-4-1-3-13(11-14)15(21)12-16(22)19-6-8-20(9-7-19)17-5-2-10-23-17/h1-5,10-11,15,21H,6-9,12H2. The number of aliphatic hydroxyl groups excluding tert-OH is 1. The molecule has 4 nitrogen and oxygen atoms in total. The minimum absolute atomic E-state index is 0.0115. The van der Waals surface area contributed by atoms with Crippen molar-refractivity contribution in [2.45, 2.75) is 12.5 Å². The van der Waals surface area contributed by atoms with E-state index in [4.69, 9.17) is 0 Å². The molecule has 122 valence electrons. The van der Waals surface area contributed by atoms with Crippen LogP contribution in [0.1, 0.15) is 18.1 Å². The summed E-state index contributed by atoms with van der Waals surface area (Å²) in [7, 11) is 0. The molecule has 1 atom stereocenters. The van der Waals surface area contributed by atoms with Crippen molar-refractivity contribution in [3.8, 4) is 0 Å². The van der Waals surface area contributed by atoms with E-state index in [1.165, 1.54) is 23.2 Å². The number of thiophene rings is 1. The first kappa shape index (κ1) is 16.0. The number of amides is 1. The normalized spacial score (nSPS) is 16.4. The lowest BCUT2D eigenvalue weighted by molar-refractivity contribution is -0.133. The molecule has 1 fully saturated rings. The van der Waals surface area contributed by atoms with Gasteiger partial charge < -0.3 is 14.9 Å². The summed E-state index contributed by atoms with van der Waals surface area (Å²) in [6, 6.07) is 9.87. The summed E-state index contributed by atoms with van der Waals surface area (Å²) in [6.45, 7) is 2.88. The van der Waals surface area contributed by atoms with Gasteiger partial charge in [0.05, 0.1) is 17.5 Å². The van der Waals surface area contributed by atoms with Crippen LogP contribution in [0.4, 0.5) is 9.39 Å². The fourth-order valence-corrected chi connectivity index (χ4v) is 3.54. The van der Waals surface area contributed by atoms with Gasteiger partial charge in [0.2, 0.25) is 5.91 Å². The van der Waals surface area contributed by atoms with E-state index in [-0.39, 0.29) is 12.3 Å². The molecular weight excluding hydrogens is 315 g/mol. The lowest BCUT2D eigenvalue weighted by atomic mass is 10.1. The van der Waals surface area contributed by atoms with Crippen LogP contribution in [0, 0.1) is 5.82 Å². The number of carbonyl (C=O) groups excluding carboxylic acids is 1. The van der Waals surface area contributed by atoms with Crippen molar-refractivity contribution < 1.29 is 14.3 Å². The third kappa shape index (κ3) is 3.89. The summed E-state index contributed by atoms with van der Waals surface area (Å²) in [5.74, 6) is -0.494. The maximum atomic E-state index is 13.2. The Balaban J connectivity index is 1.53. The minimum atomic E-state index is -0.964. The van der Waals surface area contributed by atoms with Gasteiger partial charge in [-0.1, -0.05) is 12.1 Å². The lowest BCUT2D eigenvalue weighted by Crippen LogP contribution is -2.48. The van der Waals surface area contributed by atoms with E-state index in [0.29, 0.717) is 18.7 Å². The van der Waals surface area contributed by atoms with Crippen LogP contribution in [-0.4, -0.2) is 42.1 Å². The summed E-state index contributed by atoms with van der Waals surface area (Å²) in [4.78, 5) is 16.3. The minimum Gasteiger partial charge on any atom is -0.388 e. The van der Waals surface area contributed by atoms with Crippen molar-refractivity contribution in [2.75, 3.05) is 31.1 Å². The fourth-order valence-electron chi connectivity index (χ4n) is 2.75. The van der Waals surface area contributed by atoms with E-state index in [1.807, 2.05) is 11.4 Å². The van der Waals surface area contributed by atoms with Gasteiger partial charge in [-0.25, -0.2) is 4.39 Å². The number of anilines is 1. The Bertz CT molecular complexity index is 654. The first-order chi connectivity index (χ1) is 11.1. The number of piperazine rings is 1. The third-order valence-electron chi connectivity index (χ3n) is 4.05. The van der Waals surface area contributed by atoms with Crippen LogP contribution in [-0.2, 0) is 4.79 Å². The highest BCUT2D eigenvalue weighted by molar-refractivity contribution is 7.14. The highest BCUT2D eigenvalue weighted by Crippen LogP contribution is 2.23. The van der Waals surface area contributed by atoms with Crippen LogP contribution in [0.25, 0.3) is 0 Å². The van der Waals surface area contributed by atoms with Crippen molar-refractivity contribution in [2.24, 2.45) is 0 Å². The monoisotopic (exact) mass is 334 g/mol. The third-order valence-corrected chi connectivity index (χ3v) is 4.98. The number of rotatable bonds is 4. The average molecular weight is 334 g/mol. The zero-order valence-corrected chi connectivity index (χ0v) is 13.5. The van der Waals surface area contributed by atoms with Crippen LogP contribution in [0.5, 0.6) is 0 Å². The molecule has 1 aliphatic heterocycles. The van der Waals surface area contributed by atoms with E-state index in [2.05, 4.69) is 11.0 Å². The molecule has 23 heavy (non-hydrogen) atoms. The average Bonchev–Trinajstić information content (AvgIpc) is 3.09. The number of benzene rings is 1. The fraction of sp³-hybridized carbons (Fsp3) is 0.353. The van der Waals surface area contributed by atoms with E-state index in [1.54, 1.807) is 22.3 Å². The lowest BCUT2D eigenvalue weighted by Gasteiger charge is -2.35. The number of halogens is 1. The summed E-state index contributed by atoms with van der Waals surface area (Å²) < 4.78 is 13.2. The maximum Gasteiger partial charge on any atom is 0.225 e. The van der Waals surface area contributed by atoms with Crippen molar-refractivity contribution in [1.82, 2.24) is 4.90 Å². The number of nitrogens with zero attached hydrogens (tertiary/aromatic N) is 2.